The van der Waals surface area contributed by atoms with Gasteiger partial charge >= 0.3 is 0 Å². The summed E-state index contributed by atoms with van der Waals surface area (Å²) in [4.78, 5) is 9.65. The summed E-state index contributed by atoms with van der Waals surface area (Å²) in [5, 5.41) is 11.6. The van der Waals surface area contributed by atoms with Crippen molar-refractivity contribution in [3.05, 3.63) is 0 Å². The molecule has 0 aromatic carbocycles. The van der Waals surface area contributed by atoms with Gasteiger partial charge in [0.2, 0.25) is 0 Å². The minimum Gasteiger partial charge on any atom is -0.391 e. The van der Waals surface area contributed by atoms with E-state index in [-0.39, 0.29) is 17.6 Å². The molecule has 160 valence electrons. The van der Waals surface area contributed by atoms with Gasteiger partial charge in [-0.3, -0.25) is 0 Å². The van der Waals surface area contributed by atoms with Crippen LogP contribution in [-0.4, -0.2) is 64.4 Å². The fourth-order valence-corrected chi connectivity index (χ4v) is 1.84. The second-order valence-corrected chi connectivity index (χ2v) is 6.81. The van der Waals surface area contributed by atoms with E-state index in [1.165, 1.54) is 19.3 Å². The first-order chi connectivity index (χ1) is 12.4. The van der Waals surface area contributed by atoms with Crippen LogP contribution < -0.4 is 16.3 Å². The molecule has 0 aliphatic carbocycles. The van der Waals surface area contributed by atoms with Crippen molar-refractivity contribution in [2.45, 2.75) is 66.1 Å². The van der Waals surface area contributed by atoms with E-state index in [4.69, 9.17) is 19.7 Å². The quantitative estimate of drug-likeness (QED) is 0.157. The molecule has 0 aromatic heterocycles. The van der Waals surface area contributed by atoms with Crippen molar-refractivity contribution < 1.29 is 24.5 Å². The molecule has 0 bridgehead atoms. The third kappa shape index (κ3) is 23.7. The molecule has 8 heteroatoms. The predicted molar refractivity (Wildman–Crippen MR) is 104 cm³/mol. The number of hydrazine groups is 1. The molecule has 1 saturated heterocycles. The summed E-state index contributed by atoms with van der Waals surface area (Å²) < 4.78 is 9.53. The van der Waals surface area contributed by atoms with E-state index >= 15 is 0 Å². The van der Waals surface area contributed by atoms with Crippen molar-refractivity contribution in [3.8, 4) is 0 Å². The van der Waals surface area contributed by atoms with Crippen LogP contribution in [-0.2, 0) is 19.3 Å². The van der Waals surface area contributed by atoms with Crippen LogP contribution in [0.3, 0.4) is 0 Å². The molecule has 0 saturated carbocycles. The van der Waals surface area contributed by atoms with Gasteiger partial charge in [0.15, 0.2) is 0 Å². The lowest BCUT2D eigenvalue weighted by atomic mass is 9.87. The van der Waals surface area contributed by atoms with Gasteiger partial charge in [-0.15, -0.1) is 10.6 Å². The zero-order valence-corrected chi connectivity index (χ0v) is 17.9. The maximum atomic E-state index is 8.43. The normalized spacial score (nSPS) is 16.8. The molecule has 0 spiro atoms. The third-order valence-corrected chi connectivity index (χ3v) is 3.33. The van der Waals surface area contributed by atoms with Crippen LogP contribution in [0.4, 0.5) is 0 Å². The maximum absolute atomic E-state index is 8.43. The van der Waals surface area contributed by atoms with E-state index in [1.54, 1.807) is 14.0 Å². The first-order valence-corrected chi connectivity index (χ1v) is 9.61. The number of hydrogen-bond donors (Lipinski definition) is 4. The van der Waals surface area contributed by atoms with E-state index in [9.17, 15) is 0 Å². The van der Waals surface area contributed by atoms with Crippen LogP contribution in [0, 0.1) is 5.41 Å². The molecule has 2 atom stereocenters. The Balaban J connectivity index is 0. The zero-order valence-electron chi connectivity index (χ0n) is 17.9. The van der Waals surface area contributed by atoms with Crippen molar-refractivity contribution in [1.82, 2.24) is 16.3 Å². The van der Waals surface area contributed by atoms with Crippen LogP contribution in [0.15, 0.2) is 0 Å². The van der Waals surface area contributed by atoms with Crippen LogP contribution >= 0.6 is 0 Å². The number of nitrogens with one attached hydrogen (secondary N) is 3. The fraction of sp³-hybridized carbons (Fsp3) is 1.00. The first-order valence-electron chi connectivity index (χ1n) is 9.61. The Kier molecular flexibility index (Phi) is 20.9. The average molecular weight is 382 g/mol. The summed E-state index contributed by atoms with van der Waals surface area (Å²) in [6, 6.07) is 0. The molecule has 4 N–H and O–H groups in total. The fourth-order valence-electron chi connectivity index (χ4n) is 1.84. The molecule has 1 heterocycles. The summed E-state index contributed by atoms with van der Waals surface area (Å²) in [5.41, 5.74) is 5.83. The van der Waals surface area contributed by atoms with Gasteiger partial charge in [-0.25, -0.2) is 10.3 Å². The van der Waals surface area contributed by atoms with E-state index in [2.05, 4.69) is 34.9 Å². The lowest BCUT2D eigenvalue weighted by molar-refractivity contribution is -0.347. The molecule has 1 fully saturated rings. The van der Waals surface area contributed by atoms with Crippen LogP contribution in [0.25, 0.3) is 0 Å². The highest BCUT2D eigenvalue weighted by Gasteiger charge is 2.23. The molecule has 0 aromatic rings. The number of aliphatic hydroxyl groups excluding tert-OH is 1. The van der Waals surface area contributed by atoms with E-state index in [0.29, 0.717) is 13.2 Å². The standard InChI is InChI=1S/C12H27N3O3.C4H10O2.C2H6/c1-12(2,6-4-5-7-13-3)10-14-15-18-17-9-11-8-16-11;1-4(5)3-6-2;1-2/h11,13-15H,4-10H2,1-3H3;4-5H,3H2,1-2H3;1-2H3. The largest absolute Gasteiger partial charge is 0.391 e. The summed E-state index contributed by atoms with van der Waals surface area (Å²) in [7, 11) is 3.55. The highest BCUT2D eigenvalue weighted by molar-refractivity contribution is 4.70. The molecule has 8 nitrogen and oxygen atoms in total. The Labute approximate surface area is 160 Å². The second kappa shape index (κ2) is 19.4. The van der Waals surface area contributed by atoms with Gasteiger partial charge in [0.1, 0.15) is 12.7 Å². The lowest BCUT2D eigenvalue weighted by Gasteiger charge is -2.24. The van der Waals surface area contributed by atoms with Crippen molar-refractivity contribution in [3.63, 3.8) is 0 Å². The molecule has 1 aliphatic rings. The Morgan fingerprint density at radius 3 is 2.38 bits per heavy atom. The first kappa shape index (κ1) is 27.9. The van der Waals surface area contributed by atoms with Gasteiger partial charge < -0.3 is 19.9 Å². The SMILES string of the molecule is CC.CNCCCCC(C)(C)CNNOOCC1CO1.COCC(C)O. The Bertz CT molecular complexity index is 278. The van der Waals surface area contributed by atoms with E-state index in [1.807, 2.05) is 20.9 Å². The summed E-state index contributed by atoms with van der Waals surface area (Å²) in [6.07, 6.45) is 3.52. The Morgan fingerprint density at radius 2 is 1.92 bits per heavy atom. The van der Waals surface area contributed by atoms with Gasteiger partial charge in [-0.2, -0.15) is 0 Å². The van der Waals surface area contributed by atoms with Gasteiger partial charge in [0.05, 0.1) is 19.3 Å². The van der Waals surface area contributed by atoms with Gasteiger partial charge in [0, 0.05) is 13.7 Å². The number of epoxide rings is 1. The molecule has 1 aliphatic heterocycles. The Hall–Kier alpha value is -0.320. The minimum atomic E-state index is -0.324. The smallest absolute Gasteiger partial charge is 0.113 e. The number of methoxy groups -OCH3 is 1. The third-order valence-electron chi connectivity index (χ3n) is 3.33. The summed E-state index contributed by atoms with van der Waals surface area (Å²) >= 11 is 0. The highest BCUT2D eigenvalue weighted by Crippen LogP contribution is 2.21. The Morgan fingerprint density at radius 1 is 1.27 bits per heavy atom. The molecular formula is C18H43N3O5. The van der Waals surface area contributed by atoms with Gasteiger partial charge in [0.25, 0.3) is 0 Å². The molecule has 0 amide bonds. The number of ether oxygens (including phenoxy) is 2. The van der Waals surface area contributed by atoms with Crippen LogP contribution in [0.2, 0.25) is 0 Å². The number of aliphatic hydroxyl groups is 1. The van der Waals surface area contributed by atoms with Crippen molar-refractivity contribution in [2.24, 2.45) is 5.41 Å². The monoisotopic (exact) mass is 381 g/mol. The summed E-state index contributed by atoms with van der Waals surface area (Å²) in [5.74, 6) is 0. The van der Waals surface area contributed by atoms with Crippen LogP contribution in [0.1, 0.15) is 53.9 Å². The molecule has 1 rings (SSSR count). The number of unbranched alkanes of at least 4 members (excludes halogenated alkanes) is 1. The molecule has 26 heavy (non-hydrogen) atoms. The number of hydrogen-bond acceptors (Lipinski definition) is 8. The van der Waals surface area contributed by atoms with Crippen LogP contribution in [0.5, 0.6) is 0 Å². The van der Waals surface area contributed by atoms with Gasteiger partial charge in [-0.05, 0) is 38.8 Å². The van der Waals surface area contributed by atoms with Crippen molar-refractivity contribution in [2.75, 3.05) is 47.1 Å². The number of rotatable bonds is 14. The summed E-state index contributed by atoms with van der Waals surface area (Å²) in [6.45, 7) is 13.7. The lowest BCUT2D eigenvalue weighted by Crippen LogP contribution is -2.39. The topological polar surface area (TPSA) is 96.5 Å². The minimum absolute atomic E-state index is 0.218. The van der Waals surface area contributed by atoms with Gasteiger partial charge in [-0.1, -0.05) is 34.1 Å². The zero-order chi connectivity index (χ0) is 20.3. The maximum Gasteiger partial charge on any atom is 0.113 e. The van der Waals surface area contributed by atoms with E-state index < -0.39 is 0 Å². The molecule has 2 unspecified atom stereocenters. The molecule has 0 radical (unpaired) electrons. The predicted octanol–water partition coefficient (Wildman–Crippen LogP) is 1.80. The van der Waals surface area contributed by atoms with Crippen molar-refractivity contribution in [1.29, 1.82) is 0 Å². The van der Waals surface area contributed by atoms with E-state index in [0.717, 1.165) is 19.7 Å². The second-order valence-electron chi connectivity index (χ2n) is 6.81. The highest BCUT2D eigenvalue weighted by atomic mass is 17.3. The van der Waals surface area contributed by atoms with Crippen molar-refractivity contribution >= 4 is 0 Å². The average Bonchev–Trinajstić information content (AvgIpc) is 3.41. The molecular weight excluding hydrogens is 338 g/mol.